The Bertz CT molecular complexity index is 572. The van der Waals surface area contributed by atoms with Crippen LogP contribution < -0.4 is 4.90 Å². The average Bonchev–Trinajstić information content (AvgIpc) is 2.59. The number of amides is 2. The highest BCUT2D eigenvalue weighted by Gasteiger charge is 2.43. The molecule has 0 atom stereocenters. The van der Waals surface area contributed by atoms with E-state index in [1.165, 1.54) is 13.4 Å². The third-order valence-corrected chi connectivity index (χ3v) is 4.40. The molecule has 124 valence electrons. The average molecular weight is 320 g/mol. The summed E-state index contributed by atoms with van der Waals surface area (Å²) in [5.41, 5.74) is 0.270. The van der Waals surface area contributed by atoms with Crippen molar-refractivity contribution in [2.24, 2.45) is 0 Å². The van der Waals surface area contributed by atoms with Gasteiger partial charge in [0, 0.05) is 20.2 Å². The molecule has 1 spiro atoms. The van der Waals surface area contributed by atoms with Gasteiger partial charge < -0.3 is 19.3 Å². The molecule has 1 aromatic heterocycles. The molecule has 2 aliphatic heterocycles. The minimum Gasteiger partial charge on any atom is -0.375 e. The summed E-state index contributed by atoms with van der Waals surface area (Å²) in [4.78, 5) is 35.4. The number of morpholine rings is 1. The fraction of sp³-hybridized carbons (Fsp3) is 0.600. The summed E-state index contributed by atoms with van der Waals surface area (Å²) in [6.45, 7) is 1.82. The standard InChI is InChI=1S/C15H20N4O4/c1-22-8-13(20)18-4-2-15(3-5-18)10-19(14(21)9-23-15)12-6-16-11-17-7-12/h6-7,11H,2-5,8-10H2,1H3. The zero-order valence-electron chi connectivity index (χ0n) is 13.1. The van der Waals surface area contributed by atoms with Gasteiger partial charge in [0.05, 0.1) is 30.2 Å². The highest BCUT2D eigenvalue weighted by atomic mass is 16.5. The van der Waals surface area contributed by atoms with Gasteiger partial charge in [-0.2, -0.15) is 0 Å². The molecule has 2 amide bonds. The first kappa shape index (κ1) is 15.8. The van der Waals surface area contributed by atoms with Crippen LogP contribution in [0.2, 0.25) is 0 Å². The molecule has 0 saturated carbocycles. The molecule has 3 heterocycles. The quantitative estimate of drug-likeness (QED) is 0.770. The van der Waals surface area contributed by atoms with Gasteiger partial charge in [-0.05, 0) is 12.8 Å². The number of hydrogen-bond acceptors (Lipinski definition) is 6. The number of nitrogens with zero attached hydrogens (tertiary/aromatic N) is 4. The van der Waals surface area contributed by atoms with Gasteiger partial charge in [0.2, 0.25) is 5.91 Å². The summed E-state index contributed by atoms with van der Waals surface area (Å²) in [5.74, 6) is -0.106. The molecule has 0 aromatic carbocycles. The number of piperidine rings is 1. The number of carbonyl (C=O) groups excluding carboxylic acids is 2. The van der Waals surface area contributed by atoms with Crippen LogP contribution in [0.5, 0.6) is 0 Å². The van der Waals surface area contributed by atoms with Crippen LogP contribution in [0.1, 0.15) is 12.8 Å². The van der Waals surface area contributed by atoms with Crippen molar-refractivity contribution in [3.05, 3.63) is 18.7 Å². The fourth-order valence-electron chi connectivity index (χ4n) is 3.06. The number of aromatic nitrogens is 2. The van der Waals surface area contributed by atoms with Crippen LogP contribution in [-0.4, -0.2) is 72.2 Å². The van der Waals surface area contributed by atoms with Crippen molar-refractivity contribution in [2.75, 3.05) is 44.9 Å². The Balaban J connectivity index is 1.67. The third-order valence-electron chi connectivity index (χ3n) is 4.40. The predicted molar refractivity (Wildman–Crippen MR) is 80.8 cm³/mol. The lowest BCUT2D eigenvalue weighted by atomic mass is 9.89. The number of likely N-dealkylation sites (tertiary alicyclic amines) is 1. The summed E-state index contributed by atoms with van der Waals surface area (Å²) >= 11 is 0. The lowest BCUT2D eigenvalue weighted by Crippen LogP contribution is -2.59. The van der Waals surface area contributed by atoms with E-state index in [9.17, 15) is 9.59 Å². The molecule has 0 aliphatic carbocycles. The van der Waals surface area contributed by atoms with Crippen LogP contribution in [0.4, 0.5) is 5.69 Å². The van der Waals surface area contributed by atoms with Crippen molar-refractivity contribution in [1.82, 2.24) is 14.9 Å². The van der Waals surface area contributed by atoms with Gasteiger partial charge in [-0.1, -0.05) is 0 Å². The number of anilines is 1. The van der Waals surface area contributed by atoms with E-state index in [0.29, 0.717) is 38.2 Å². The van der Waals surface area contributed by atoms with E-state index in [-0.39, 0.29) is 25.0 Å². The Morgan fingerprint density at radius 2 is 2.04 bits per heavy atom. The summed E-state index contributed by atoms with van der Waals surface area (Å²) < 4.78 is 10.8. The maximum atomic E-state index is 12.1. The Kier molecular flexibility index (Phi) is 4.53. The van der Waals surface area contributed by atoms with Crippen LogP contribution in [0, 0.1) is 0 Å². The van der Waals surface area contributed by atoms with E-state index in [0.717, 1.165) is 0 Å². The fourth-order valence-corrected chi connectivity index (χ4v) is 3.06. The zero-order chi connectivity index (χ0) is 16.3. The third kappa shape index (κ3) is 3.32. The molecular weight excluding hydrogens is 300 g/mol. The van der Waals surface area contributed by atoms with Crippen molar-refractivity contribution in [1.29, 1.82) is 0 Å². The molecule has 8 heteroatoms. The number of ether oxygens (including phenoxy) is 2. The van der Waals surface area contributed by atoms with Crippen molar-refractivity contribution >= 4 is 17.5 Å². The lowest BCUT2D eigenvalue weighted by Gasteiger charge is -2.46. The first-order chi connectivity index (χ1) is 11.1. The Morgan fingerprint density at radius 3 is 2.70 bits per heavy atom. The molecule has 0 radical (unpaired) electrons. The van der Waals surface area contributed by atoms with Crippen molar-refractivity contribution < 1.29 is 19.1 Å². The second-order valence-electron chi connectivity index (χ2n) is 5.86. The molecule has 23 heavy (non-hydrogen) atoms. The molecular formula is C15H20N4O4. The minimum absolute atomic E-state index is 0.0115. The Hall–Kier alpha value is -2.06. The molecule has 1 aromatic rings. The van der Waals surface area contributed by atoms with Crippen LogP contribution in [0.3, 0.4) is 0 Å². The monoisotopic (exact) mass is 320 g/mol. The smallest absolute Gasteiger partial charge is 0.253 e. The SMILES string of the molecule is COCC(=O)N1CCC2(CC1)CN(c1cncnc1)C(=O)CO2. The van der Waals surface area contributed by atoms with Gasteiger partial charge in [-0.25, -0.2) is 9.97 Å². The molecule has 0 bridgehead atoms. The number of hydrogen-bond donors (Lipinski definition) is 0. The van der Waals surface area contributed by atoms with Crippen LogP contribution in [0.15, 0.2) is 18.7 Å². The predicted octanol–water partition coefficient (Wildman–Crippen LogP) is -0.153. The number of carbonyl (C=O) groups is 2. The largest absolute Gasteiger partial charge is 0.375 e. The second kappa shape index (κ2) is 6.59. The van der Waals surface area contributed by atoms with E-state index in [4.69, 9.17) is 9.47 Å². The van der Waals surface area contributed by atoms with Gasteiger partial charge in [0.25, 0.3) is 5.91 Å². The molecule has 3 rings (SSSR count). The molecule has 2 aliphatic rings. The molecule has 0 N–H and O–H groups in total. The van der Waals surface area contributed by atoms with Crippen LogP contribution >= 0.6 is 0 Å². The van der Waals surface area contributed by atoms with E-state index in [1.54, 1.807) is 22.2 Å². The Morgan fingerprint density at radius 1 is 1.35 bits per heavy atom. The van der Waals surface area contributed by atoms with E-state index < -0.39 is 5.60 Å². The van der Waals surface area contributed by atoms with E-state index in [2.05, 4.69) is 9.97 Å². The summed E-state index contributed by atoms with van der Waals surface area (Å²) in [6, 6.07) is 0. The van der Waals surface area contributed by atoms with Gasteiger partial charge in [0.15, 0.2) is 0 Å². The van der Waals surface area contributed by atoms with Crippen LogP contribution in [-0.2, 0) is 19.1 Å². The highest BCUT2D eigenvalue weighted by Crippen LogP contribution is 2.32. The number of methoxy groups -OCH3 is 1. The van der Waals surface area contributed by atoms with Crippen molar-refractivity contribution in [2.45, 2.75) is 18.4 Å². The highest BCUT2D eigenvalue weighted by molar-refractivity contribution is 5.94. The minimum atomic E-state index is -0.409. The van der Waals surface area contributed by atoms with E-state index >= 15 is 0 Å². The first-order valence-electron chi connectivity index (χ1n) is 7.60. The van der Waals surface area contributed by atoms with Crippen LogP contribution in [0.25, 0.3) is 0 Å². The normalized spacial score (nSPS) is 20.8. The molecule has 2 saturated heterocycles. The van der Waals surface area contributed by atoms with Gasteiger partial charge in [-0.15, -0.1) is 0 Å². The van der Waals surface area contributed by atoms with E-state index in [1.807, 2.05) is 0 Å². The van der Waals surface area contributed by atoms with Gasteiger partial charge in [0.1, 0.15) is 19.5 Å². The molecule has 8 nitrogen and oxygen atoms in total. The maximum absolute atomic E-state index is 12.1. The Labute approximate surface area is 134 Å². The maximum Gasteiger partial charge on any atom is 0.253 e. The van der Waals surface area contributed by atoms with Gasteiger partial charge in [-0.3, -0.25) is 9.59 Å². The first-order valence-corrected chi connectivity index (χ1v) is 7.60. The second-order valence-corrected chi connectivity index (χ2v) is 5.86. The molecule has 0 unspecified atom stereocenters. The summed E-state index contributed by atoms with van der Waals surface area (Å²) in [6.07, 6.45) is 6.08. The topological polar surface area (TPSA) is 84.9 Å². The summed E-state index contributed by atoms with van der Waals surface area (Å²) in [7, 11) is 1.51. The van der Waals surface area contributed by atoms with Crippen molar-refractivity contribution in [3.63, 3.8) is 0 Å². The van der Waals surface area contributed by atoms with Gasteiger partial charge >= 0.3 is 0 Å². The lowest BCUT2D eigenvalue weighted by molar-refractivity contribution is -0.152. The molecule has 2 fully saturated rings. The summed E-state index contributed by atoms with van der Waals surface area (Å²) in [5, 5.41) is 0. The number of rotatable bonds is 3. The van der Waals surface area contributed by atoms with Crippen molar-refractivity contribution in [3.8, 4) is 0 Å². The zero-order valence-corrected chi connectivity index (χ0v) is 13.1.